The van der Waals surface area contributed by atoms with Gasteiger partial charge in [-0.05, 0) is 23.2 Å². The smallest absolute Gasteiger partial charge is 0.268 e. The Labute approximate surface area is 131 Å². The van der Waals surface area contributed by atoms with Gasteiger partial charge in [0.1, 0.15) is 17.3 Å². The standard InChI is InChI=1S/C14H9Cl3N2O/c15-12(10-4-2-1-3-5-10)13(16)19-8-9(7-18)6-11(19)14(17)20/h1-6,8,12-13H. The molecule has 0 spiro atoms. The number of carbonyl (C=O) groups is 1. The Hall–Kier alpha value is -1.47. The van der Waals surface area contributed by atoms with E-state index in [0.29, 0.717) is 5.56 Å². The molecular weight excluding hydrogens is 319 g/mol. The summed E-state index contributed by atoms with van der Waals surface area (Å²) in [6.07, 6.45) is 1.46. The molecule has 0 saturated heterocycles. The summed E-state index contributed by atoms with van der Waals surface area (Å²) in [5, 5.41) is 7.65. The maximum absolute atomic E-state index is 11.4. The van der Waals surface area contributed by atoms with Crippen LogP contribution in [-0.2, 0) is 0 Å². The van der Waals surface area contributed by atoms with Gasteiger partial charge in [0.25, 0.3) is 5.24 Å². The first-order chi connectivity index (χ1) is 9.54. The maximum atomic E-state index is 11.4. The number of halogens is 3. The molecule has 20 heavy (non-hydrogen) atoms. The second kappa shape index (κ2) is 6.32. The van der Waals surface area contributed by atoms with Crippen molar-refractivity contribution in [2.24, 2.45) is 0 Å². The van der Waals surface area contributed by atoms with Gasteiger partial charge in [-0.3, -0.25) is 4.79 Å². The van der Waals surface area contributed by atoms with E-state index in [0.717, 1.165) is 5.56 Å². The molecule has 1 aromatic heterocycles. The first-order valence-corrected chi connectivity index (χ1v) is 6.94. The Balaban J connectivity index is 2.38. The summed E-state index contributed by atoms with van der Waals surface area (Å²) in [6, 6.07) is 12.6. The van der Waals surface area contributed by atoms with Crippen LogP contribution in [0, 0.1) is 11.3 Å². The molecule has 2 atom stereocenters. The molecule has 1 heterocycles. The van der Waals surface area contributed by atoms with E-state index in [4.69, 9.17) is 40.1 Å². The van der Waals surface area contributed by atoms with Crippen LogP contribution in [0.25, 0.3) is 0 Å². The minimum Gasteiger partial charge on any atom is -0.324 e. The van der Waals surface area contributed by atoms with E-state index in [1.807, 2.05) is 36.4 Å². The molecule has 0 aliphatic heterocycles. The van der Waals surface area contributed by atoms with E-state index in [9.17, 15) is 4.79 Å². The highest BCUT2D eigenvalue weighted by Crippen LogP contribution is 2.37. The molecule has 3 nitrogen and oxygen atoms in total. The maximum Gasteiger partial charge on any atom is 0.268 e. The van der Waals surface area contributed by atoms with Crippen molar-refractivity contribution in [1.82, 2.24) is 4.57 Å². The molecule has 0 aliphatic carbocycles. The molecule has 6 heteroatoms. The second-order valence-corrected chi connectivity index (χ2v) is 5.35. The number of nitrogens with zero attached hydrogens (tertiary/aromatic N) is 2. The van der Waals surface area contributed by atoms with Gasteiger partial charge < -0.3 is 4.57 Å². The lowest BCUT2D eigenvalue weighted by Crippen LogP contribution is -2.12. The molecule has 0 saturated carbocycles. The predicted octanol–water partition coefficient (Wildman–Crippen LogP) is 4.46. The zero-order valence-corrected chi connectivity index (χ0v) is 12.4. The van der Waals surface area contributed by atoms with Crippen LogP contribution < -0.4 is 0 Å². The summed E-state index contributed by atoms with van der Waals surface area (Å²) in [4.78, 5) is 11.4. The summed E-state index contributed by atoms with van der Waals surface area (Å²) in [7, 11) is 0. The molecule has 2 aromatic rings. The van der Waals surface area contributed by atoms with Crippen molar-refractivity contribution in [1.29, 1.82) is 5.26 Å². The zero-order valence-electron chi connectivity index (χ0n) is 10.1. The fraction of sp³-hybridized carbons (Fsp3) is 0.143. The number of benzene rings is 1. The van der Waals surface area contributed by atoms with Gasteiger partial charge in [0, 0.05) is 6.20 Å². The molecule has 0 radical (unpaired) electrons. The van der Waals surface area contributed by atoms with Crippen molar-refractivity contribution in [3.05, 3.63) is 59.4 Å². The van der Waals surface area contributed by atoms with E-state index < -0.39 is 16.1 Å². The SMILES string of the molecule is N#Cc1cc(C(=O)Cl)n(C(Cl)C(Cl)c2ccccc2)c1. The van der Waals surface area contributed by atoms with Gasteiger partial charge in [0.15, 0.2) is 0 Å². The van der Waals surface area contributed by atoms with E-state index in [-0.39, 0.29) is 5.69 Å². The second-order valence-electron chi connectivity index (χ2n) is 4.09. The quantitative estimate of drug-likeness (QED) is 0.615. The van der Waals surface area contributed by atoms with Crippen LogP contribution >= 0.6 is 34.8 Å². The summed E-state index contributed by atoms with van der Waals surface area (Å²) in [6.45, 7) is 0. The van der Waals surface area contributed by atoms with Crippen LogP contribution in [0.3, 0.4) is 0 Å². The van der Waals surface area contributed by atoms with Crippen molar-refractivity contribution < 1.29 is 4.79 Å². The fourth-order valence-corrected chi connectivity index (χ4v) is 2.56. The Morgan fingerprint density at radius 3 is 2.45 bits per heavy atom. The topological polar surface area (TPSA) is 45.8 Å². The Morgan fingerprint density at radius 1 is 1.25 bits per heavy atom. The third-order valence-corrected chi connectivity index (χ3v) is 4.08. The molecule has 2 rings (SSSR count). The normalized spacial score (nSPS) is 13.5. The van der Waals surface area contributed by atoms with Crippen molar-refractivity contribution in [2.75, 3.05) is 0 Å². The lowest BCUT2D eigenvalue weighted by atomic mass is 10.1. The molecular formula is C14H9Cl3N2O. The largest absolute Gasteiger partial charge is 0.324 e. The third-order valence-electron chi connectivity index (χ3n) is 2.80. The summed E-state index contributed by atoms with van der Waals surface area (Å²) in [5.74, 6) is 0. The van der Waals surface area contributed by atoms with Crippen molar-refractivity contribution in [3.63, 3.8) is 0 Å². The molecule has 0 bridgehead atoms. The average Bonchev–Trinajstić information content (AvgIpc) is 2.91. The predicted molar refractivity (Wildman–Crippen MR) is 79.3 cm³/mol. The number of rotatable bonds is 4. The molecule has 0 aliphatic rings. The van der Waals surface area contributed by atoms with E-state index in [1.165, 1.54) is 16.8 Å². The number of hydrogen-bond donors (Lipinski definition) is 0. The van der Waals surface area contributed by atoms with Gasteiger partial charge in [-0.25, -0.2) is 0 Å². The molecule has 2 unspecified atom stereocenters. The third kappa shape index (κ3) is 2.99. The minimum absolute atomic E-state index is 0.143. The summed E-state index contributed by atoms with van der Waals surface area (Å²) < 4.78 is 1.42. The molecule has 0 amide bonds. The van der Waals surface area contributed by atoms with Gasteiger partial charge in [-0.2, -0.15) is 5.26 Å². The number of alkyl halides is 2. The number of hydrogen-bond acceptors (Lipinski definition) is 2. The Bertz CT molecular complexity index is 661. The first-order valence-electron chi connectivity index (χ1n) is 5.69. The minimum atomic E-state index is -0.737. The van der Waals surface area contributed by atoms with Gasteiger partial charge >= 0.3 is 0 Å². The van der Waals surface area contributed by atoms with Crippen LogP contribution in [0.4, 0.5) is 0 Å². The van der Waals surface area contributed by atoms with Crippen LogP contribution in [0.2, 0.25) is 0 Å². The van der Waals surface area contributed by atoms with Crippen LogP contribution in [-0.4, -0.2) is 9.81 Å². The van der Waals surface area contributed by atoms with Gasteiger partial charge in [0.2, 0.25) is 0 Å². The van der Waals surface area contributed by atoms with Crippen LogP contribution in [0.15, 0.2) is 42.6 Å². The Morgan fingerprint density at radius 2 is 1.90 bits per heavy atom. The van der Waals surface area contributed by atoms with Gasteiger partial charge in [0.05, 0.1) is 10.9 Å². The van der Waals surface area contributed by atoms with E-state index in [1.54, 1.807) is 0 Å². The highest BCUT2D eigenvalue weighted by molar-refractivity contribution is 6.67. The van der Waals surface area contributed by atoms with Crippen molar-refractivity contribution >= 4 is 40.0 Å². The van der Waals surface area contributed by atoms with Crippen LogP contribution in [0.1, 0.15) is 32.5 Å². The highest BCUT2D eigenvalue weighted by Gasteiger charge is 2.24. The summed E-state index contributed by atoms with van der Waals surface area (Å²) in [5.41, 5.74) is 0.523. The molecule has 0 fully saturated rings. The highest BCUT2D eigenvalue weighted by atomic mass is 35.5. The van der Waals surface area contributed by atoms with Crippen molar-refractivity contribution in [3.8, 4) is 6.07 Å². The van der Waals surface area contributed by atoms with Gasteiger partial charge in [-0.1, -0.05) is 41.9 Å². The monoisotopic (exact) mass is 326 g/mol. The first kappa shape index (κ1) is 14.9. The lowest BCUT2D eigenvalue weighted by molar-refractivity contribution is 0.107. The molecule has 102 valence electrons. The molecule has 0 N–H and O–H groups in total. The average molecular weight is 328 g/mol. The number of nitriles is 1. The van der Waals surface area contributed by atoms with Gasteiger partial charge in [-0.15, -0.1) is 11.6 Å². The van der Waals surface area contributed by atoms with E-state index in [2.05, 4.69) is 0 Å². The lowest BCUT2D eigenvalue weighted by Gasteiger charge is -2.19. The zero-order chi connectivity index (χ0) is 14.7. The van der Waals surface area contributed by atoms with Crippen molar-refractivity contribution in [2.45, 2.75) is 10.9 Å². The Kier molecular flexibility index (Phi) is 4.72. The van der Waals surface area contributed by atoms with E-state index >= 15 is 0 Å². The fourth-order valence-electron chi connectivity index (χ4n) is 1.84. The van der Waals surface area contributed by atoms with Crippen LogP contribution in [0.5, 0.6) is 0 Å². The molecule has 1 aromatic carbocycles. The number of aromatic nitrogens is 1. The number of carbonyl (C=O) groups excluding carboxylic acids is 1. The summed E-state index contributed by atoms with van der Waals surface area (Å²) >= 11 is 18.2.